The van der Waals surface area contributed by atoms with Gasteiger partial charge in [-0.05, 0) is 24.5 Å². The van der Waals surface area contributed by atoms with Gasteiger partial charge in [-0.1, -0.05) is 13.8 Å². The molecule has 2 heterocycles. The summed E-state index contributed by atoms with van der Waals surface area (Å²) in [4.78, 5) is 17.8. The number of aromatic nitrogens is 1. The summed E-state index contributed by atoms with van der Waals surface area (Å²) in [6.07, 6.45) is 1.71. The number of fused-ring (bicyclic) bond motifs is 1. The number of pyridine rings is 1. The molecule has 0 saturated heterocycles. The second-order valence-electron chi connectivity index (χ2n) is 5.16. The van der Waals surface area contributed by atoms with Crippen LogP contribution < -0.4 is 11.1 Å². The summed E-state index contributed by atoms with van der Waals surface area (Å²) in [5.74, 6) is -0.0999. The molecule has 5 nitrogen and oxygen atoms in total. The van der Waals surface area contributed by atoms with Crippen molar-refractivity contribution in [1.82, 2.24) is 10.3 Å². The number of amides is 1. The first-order valence-corrected chi connectivity index (χ1v) is 7.32. The lowest BCUT2D eigenvalue weighted by molar-refractivity contribution is 0.0902. The molecule has 0 radical (unpaired) electrons. The fraction of sp³-hybridized carbons (Fsp3) is 0.429. The van der Waals surface area contributed by atoms with Gasteiger partial charge in [-0.15, -0.1) is 11.3 Å². The SMILES string of the molecule is Cc1ccnc2sc(C(=O)N[C@H](CO)C(C)C)c(N)c12. The predicted octanol–water partition coefficient (Wildman–Crippen LogP) is 1.93. The number of nitrogens with two attached hydrogens (primary N) is 1. The Balaban J connectivity index is 2.36. The molecule has 0 saturated carbocycles. The van der Waals surface area contributed by atoms with Gasteiger partial charge in [0.25, 0.3) is 5.91 Å². The highest BCUT2D eigenvalue weighted by Gasteiger charge is 2.22. The number of carbonyl (C=O) groups is 1. The number of rotatable bonds is 4. The Kier molecular flexibility index (Phi) is 4.25. The van der Waals surface area contributed by atoms with Crippen molar-refractivity contribution in [3.05, 3.63) is 22.7 Å². The highest BCUT2D eigenvalue weighted by molar-refractivity contribution is 7.21. The molecule has 0 aliphatic carbocycles. The van der Waals surface area contributed by atoms with Crippen molar-refractivity contribution in [2.24, 2.45) is 5.92 Å². The molecular formula is C14H19N3O2S. The van der Waals surface area contributed by atoms with E-state index < -0.39 is 0 Å². The van der Waals surface area contributed by atoms with E-state index in [0.29, 0.717) is 10.6 Å². The minimum atomic E-state index is -0.277. The maximum absolute atomic E-state index is 12.3. The zero-order valence-corrected chi connectivity index (χ0v) is 12.6. The molecule has 6 heteroatoms. The van der Waals surface area contributed by atoms with E-state index in [1.165, 1.54) is 11.3 Å². The third kappa shape index (κ3) is 2.62. The van der Waals surface area contributed by atoms with Gasteiger partial charge in [-0.2, -0.15) is 0 Å². The maximum Gasteiger partial charge on any atom is 0.263 e. The summed E-state index contributed by atoms with van der Waals surface area (Å²) in [7, 11) is 0. The molecule has 0 spiro atoms. The predicted molar refractivity (Wildman–Crippen MR) is 81.9 cm³/mol. The van der Waals surface area contributed by atoms with Crippen LogP contribution >= 0.6 is 11.3 Å². The molecule has 0 aliphatic heterocycles. The van der Waals surface area contributed by atoms with Gasteiger partial charge >= 0.3 is 0 Å². The molecule has 108 valence electrons. The quantitative estimate of drug-likeness (QED) is 0.803. The summed E-state index contributed by atoms with van der Waals surface area (Å²) < 4.78 is 0. The number of aliphatic hydroxyl groups is 1. The average molecular weight is 293 g/mol. The van der Waals surface area contributed by atoms with Crippen LogP contribution in [-0.4, -0.2) is 28.6 Å². The zero-order chi connectivity index (χ0) is 14.9. The molecule has 2 aromatic rings. The Bertz CT molecular complexity index is 637. The minimum Gasteiger partial charge on any atom is -0.397 e. The lowest BCUT2D eigenvalue weighted by atomic mass is 10.1. The van der Waals surface area contributed by atoms with Crippen LogP contribution in [0.15, 0.2) is 12.3 Å². The van der Waals surface area contributed by atoms with Crippen molar-refractivity contribution in [2.75, 3.05) is 12.3 Å². The van der Waals surface area contributed by atoms with E-state index in [2.05, 4.69) is 10.3 Å². The van der Waals surface area contributed by atoms with Gasteiger partial charge in [0.05, 0.1) is 18.3 Å². The molecule has 0 bridgehead atoms. The Morgan fingerprint density at radius 2 is 2.25 bits per heavy atom. The van der Waals surface area contributed by atoms with Crippen molar-refractivity contribution < 1.29 is 9.90 Å². The monoisotopic (exact) mass is 293 g/mol. The molecule has 1 amide bonds. The van der Waals surface area contributed by atoms with E-state index in [9.17, 15) is 9.90 Å². The van der Waals surface area contributed by atoms with E-state index in [-0.39, 0.29) is 24.5 Å². The fourth-order valence-electron chi connectivity index (χ4n) is 2.03. The number of aliphatic hydroxyl groups excluding tert-OH is 1. The van der Waals surface area contributed by atoms with Crippen molar-refractivity contribution in [1.29, 1.82) is 0 Å². The number of aryl methyl sites for hydroxylation is 1. The van der Waals surface area contributed by atoms with Crippen LogP contribution in [0.5, 0.6) is 0 Å². The molecule has 0 aliphatic rings. The molecule has 0 fully saturated rings. The number of hydrogen-bond acceptors (Lipinski definition) is 5. The summed E-state index contributed by atoms with van der Waals surface area (Å²) in [5.41, 5.74) is 7.55. The van der Waals surface area contributed by atoms with Gasteiger partial charge < -0.3 is 16.2 Å². The first-order valence-electron chi connectivity index (χ1n) is 6.51. The number of hydrogen-bond donors (Lipinski definition) is 3. The first kappa shape index (κ1) is 14.7. The Labute approximate surface area is 121 Å². The Morgan fingerprint density at radius 1 is 1.55 bits per heavy atom. The molecule has 20 heavy (non-hydrogen) atoms. The van der Waals surface area contributed by atoms with E-state index in [1.807, 2.05) is 26.8 Å². The van der Waals surface area contributed by atoms with Crippen LogP contribution in [0.25, 0.3) is 10.2 Å². The first-order chi connectivity index (χ1) is 9.45. The number of carbonyl (C=O) groups excluding carboxylic acids is 1. The molecule has 0 unspecified atom stereocenters. The summed E-state index contributed by atoms with van der Waals surface area (Å²) in [5, 5.41) is 12.9. The molecule has 0 aromatic carbocycles. The second-order valence-corrected chi connectivity index (χ2v) is 6.16. The van der Waals surface area contributed by atoms with Crippen LogP contribution in [-0.2, 0) is 0 Å². The molecule has 2 rings (SSSR count). The molecule has 4 N–H and O–H groups in total. The number of nitrogens with zero attached hydrogens (tertiary/aromatic N) is 1. The van der Waals surface area contributed by atoms with E-state index in [4.69, 9.17) is 5.73 Å². The highest BCUT2D eigenvalue weighted by Crippen LogP contribution is 2.34. The number of thiophene rings is 1. The smallest absolute Gasteiger partial charge is 0.263 e. The highest BCUT2D eigenvalue weighted by atomic mass is 32.1. The number of nitrogens with one attached hydrogen (secondary N) is 1. The Hall–Kier alpha value is -1.66. The van der Waals surface area contributed by atoms with Gasteiger partial charge in [-0.25, -0.2) is 4.98 Å². The largest absolute Gasteiger partial charge is 0.397 e. The van der Waals surface area contributed by atoms with Crippen LogP contribution in [0, 0.1) is 12.8 Å². The van der Waals surface area contributed by atoms with E-state index >= 15 is 0 Å². The molecule has 2 aromatic heterocycles. The van der Waals surface area contributed by atoms with Crippen molar-refractivity contribution in [3.63, 3.8) is 0 Å². The normalized spacial score (nSPS) is 12.8. The Morgan fingerprint density at radius 3 is 2.80 bits per heavy atom. The van der Waals surface area contributed by atoms with Crippen LogP contribution in [0.4, 0.5) is 5.69 Å². The minimum absolute atomic E-state index is 0.0918. The average Bonchev–Trinajstić information content (AvgIpc) is 2.74. The van der Waals surface area contributed by atoms with Gasteiger partial charge in [0, 0.05) is 11.6 Å². The number of nitrogen functional groups attached to an aromatic ring is 1. The lowest BCUT2D eigenvalue weighted by Gasteiger charge is -2.19. The van der Waals surface area contributed by atoms with Crippen molar-refractivity contribution in [3.8, 4) is 0 Å². The van der Waals surface area contributed by atoms with Crippen molar-refractivity contribution >= 4 is 33.1 Å². The van der Waals surface area contributed by atoms with Crippen LogP contribution in [0.2, 0.25) is 0 Å². The summed E-state index contributed by atoms with van der Waals surface area (Å²) in [6, 6.07) is 1.60. The van der Waals surface area contributed by atoms with Crippen LogP contribution in [0.1, 0.15) is 29.1 Å². The topological polar surface area (TPSA) is 88.2 Å². The van der Waals surface area contributed by atoms with Gasteiger partial charge in [-0.3, -0.25) is 4.79 Å². The maximum atomic E-state index is 12.3. The van der Waals surface area contributed by atoms with Gasteiger partial charge in [0.1, 0.15) is 9.71 Å². The summed E-state index contributed by atoms with van der Waals surface area (Å²) >= 11 is 1.28. The van der Waals surface area contributed by atoms with Crippen LogP contribution in [0.3, 0.4) is 0 Å². The zero-order valence-electron chi connectivity index (χ0n) is 11.8. The molecular weight excluding hydrogens is 274 g/mol. The third-order valence-electron chi connectivity index (χ3n) is 3.36. The van der Waals surface area contributed by atoms with Gasteiger partial charge in [0.2, 0.25) is 0 Å². The standard InChI is InChI=1S/C14H19N3O2S/c1-7(2)9(6-18)17-13(19)12-11(15)10-8(3)4-5-16-14(10)20-12/h4-5,7,9,18H,6,15H2,1-3H3,(H,17,19)/t9-/m1/s1. The molecule has 1 atom stereocenters. The summed E-state index contributed by atoms with van der Waals surface area (Å²) in [6.45, 7) is 5.74. The van der Waals surface area contributed by atoms with E-state index in [1.54, 1.807) is 6.20 Å². The second kappa shape index (κ2) is 5.76. The van der Waals surface area contributed by atoms with E-state index in [0.717, 1.165) is 15.8 Å². The third-order valence-corrected chi connectivity index (χ3v) is 4.47. The van der Waals surface area contributed by atoms with Crippen molar-refractivity contribution in [2.45, 2.75) is 26.8 Å². The van der Waals surface area contributed by atoms with Gasteiger partial charge in [0.15, 0.2) is 0 Å². The lowest BCUT2D eigenvalue weighted by Crippen LogP contribution is -2.41. The number of anilines is 1. The fourth-order valence-corrected chi connectivity index (χ4v) is 3.07.